The summed E-state index contributed by atoms with van der Waals surface area (Å²) >= 11 is 0. The Labute approximate surface area is 201 Å². The minimum atomic E-state index is -3.54. The summed E-state index contributed by atoms with van der Waals surface area (Å²) in [5.41, 5.74) is -1.57. The van der Waals surface area contributed by atoms with E-state index in [0.29, 0.717) is 6.07 Å². The van der Waals surface area contributed by atoms with Gasteiger partial charge in [0.15, 0.2) is 6.54 Å². The van der Waals surface area contributed by atoms with Crippen LogP contribution < -0.4 is 15.4 Å². The van der Waals surface area contributed by atoms with Crippen LogP contribution >= 0.6 is 17.0 Å². The number of anilines is 1. The van der Waals surface area contributed by atoms with Crippen LogP contribution in [0.1, 0.15) is 22.6 Å². The first-order valence-electron chi connectivity index (χ1n) is 9.47. The number of carbonyl (C=O) groups excluding carboxylic acids is 1. The van der Waals surface area contributed by atoms with E-state index in [1.165, 1.54) is 24.4 Å². The standard InChI is InChI=1S/C21H16F4N6O2.BrH/c22-14-4-3-7-27-16(14)11-29-19(32)9-17-13(10-26)8-15(23)20(31(17)33)30-12-21(24,25)18-5-1-2-6-28-18;/h1-8,30H,9,11-12H2,(H,29,32);1H. The topological polar surface area (TPSA) is 118 Å². The van der Waals surface area contributed by atoms with Crippen molar-refractivity contribution in [3.8, 4) is 6.07 Å². The Morgan fingerprint density at radius 2 is 1.88 bits per heavy atom. The Balaban J connectivity index is 0.00000408. The first-order chi connectivity index (χ1) is 15.7. The van der Waals surface area contributed by atoms with Gasteiger partial charge in [-0.05, 0) is 24.3 Å². The second kappa shape index (κ2) is 11.4. The first kappa shape index (κ1) is 26.5. The van der Waals surface area contributed by atoms with Gasteiger partial charge in [-0.3, -0.25) is 20.1 Å². The molecule has 0 aliphatic carbocycles. The Kier molecular flexibility index (Phi) is 8.85. The largest absolute Gasteiger partial charge is 0.710 e. The molecule has 3 aromatic rings. The molecule has 0 radical (unpaired) electrons. The number of carbonyl (C=O) groups is 1. The first-order valence-corrected chi connectivity index (χ1v) is 9.47. The predicted molar refractivity (Wildman–Crippen MR) is 117 cm³/mol. The number of nitriles is 1. The molecule has 2 N–H and O–H groups in total. The Hall–Kier alpha value is -3.79. The number of pyridine rings is 3. The lowest BCUT2D eigenvalue weighted by molar-refractivity contribution is -0.600. The molecule has 178 valence electrons. The Bertz CT molecular complexity index is 1210. The molecule has 34 heavy (non-hydrogen) atoms. The molecule has 0 bridgehead atoms. The molecule has 8 nitrogen and oxygen atoms in total. The summed E-state index contributed by atoms with van der Waals surface area (Å²) < 4.78 is 56.6. The van der Waals surface area contributed by atoms with Crippen LogP contribution in [0.2, 0.25) is 0 Å². The van der Waals surface area contributed by atoms with E-state index in [1.807, 2.05) is 5.32 Å². The van der Waals surface area contributed by atoms with Gasteiger partial charge in [0.05, 0.1) is 24.2 Å². The molecule has 3 aromatic heterocycles. The second-order valence-corrected chi connectivity index (χ2v) is 6.77. The maximum absolute atomic E-state index is 14.4. The average molecular weight is 541 g/mol. The van der Waals surface area contributed by atoms with Gasteiger partial charge in [0.2, 0.25) is 11.7 Å². The highest BCUT2D eigenvalue weighted by molar-refractivity contribution is 8.93. The van der Waals surface area contributed by atoms with Crippen LogP contribution in [-0.4, -0.2) is 22.4 Å². The molecule has 0 atom stereocenters. The number of alkyl halides is 2. The van der Waals surface area contributed by atoms with E-state index in [4.69, 9.17) is 0 Å². The number of hydrogen-bond donors (Lipinski definition) is 2. The zero-order valence-electron chi connectivity index (χ0n) is 17.3. The lowest BCUT2D eigenvalue weighted by Crippen LogP contribution is -2.42. The van der Waals surface area contributed by atoms with Crippen molar-refractivity contribution in [3.05, 3.63) is 88.3 Å². The van der Waals surface area contributed by atoms with Crippen LogP contribution in [0.3, 0.4) is 0 Å². The smallest absolute Gasteiger partial charge is 0.325 e. The molecular formula is C21H17BrF4N6O2. The van der Waals surface area contributed by atoms with Crippen molar-refractivity contribution in [3.63, 3.8) is 0 Å². The number of hydrogen-bond acceptors (Lipinski definition) is 6. The number of nitrogens with one attached hydrogen (secondary N) is 2. The van der Waals surface area contributed by atoms with Crippen molar-refractivity contribution >= 4 is 28.7 Å². The minimum Gasteiger partial charge on any atom is -0.710 e. The molecule has 0 aliphatic heterocycles. The van der Waals surface area contributed by atoms with Crippen LogP contribution in [0, 0.1) is 28.2 Å². The van der Waals surface area contributed by atoms with Gasteiger partial charge >= 0.3 is 11.7 Å². The summed E-state index contributed by atoms with van der Waals surface area (Å²) in [4.78, 5) is 19.6. The van der Waals surface area contributed by atoms with Crippen molar-refractivity contribution in [1.29, 1.82) is 5.26 Å². The van der Waals surface area contributed by atoms with E-state index in [9.17, 15) is 32.8 Å². The van der Waals surface area contributed by atoms with Gasteiger partial charge in [-0.1, -0.05) is 6.07 Å². The van der Waals surface area contributed by atoms with Crippen molar-refractivity contribution in [1.82, 2.24) is 15.3 Å². The average Bonchev–Trinajstić information content (AvgIpc) is 2.80. The summed E-state index contributed by atoms with van der Waals surface area (Å²) in [6, 6.07) is 8.63. The van der Waals surface area contributed by atoms with Crippen molar-refractivity contribution in [2.75, 3.05) is 11.9 Å². The maximum Gasteiger partial charge on any atom is 0.325 e. The SMILES string of the molecule is Br.N#Cc1cc(F)c(NCC(F)(F)c2ccccn2)[n+]([O-])c1CC(=O)NCc1ncccc1F. The number of halogens is 5. The van der Waals surface area contributed by atoms with Crippen LogP contribution in [-0.2, 0) is 23.7 Å². The maximum atomic E-state index is 14.4. The zero-order chi connectivity index (χ0) is 24.0. The Morgan fingerprint density at radius 1 is 1.15 bits per heavy atom. The fraction of sp³-hybridized carbons (Fsp3) is 0.190. The summed E-state index contributed by atoms with van der Waals surface area (Å²) in [5, 5.41) is 26.2. The Morgan fingerprint density at radius 3 is 2.53 bits per heavy atom. The predicted octanol–water partition coefficient (Wildman–Crippen LogP) is 2.90. The van der Waals surface area contributed by atoms with E-state index >= 15 is 0 Å². The summed E-state index contributed by atoms with van der Waals surface area (Å²) in [5.74, 6) is -7.13. The molecule has 3 rings (SSSR count). The monoisotopic (exact) mass is 540 g/mol. The number of rotatable bonds is 8. The van der Waals surface area contributed by atoms with Crippen LogP contribution in [0.4, 0.5) is 23.4 Å². The highest BCUT2D eigenvalue weighted by atomic mass is 79.9. The lowest BCUT2D eigenvalue weighted by Gasteiger charge is -2.18. The fourth-order valence-corrected chi connectivity index (χ4v) is 2.85. The van der Waals surface area contributed by atoms with Crippen LogP contribution in [0.15, 0.2) is 48.8 Å². The molecule has 3 heterocycles. The molecular weight excluding hydrogens is 524 g/mol. The summed E-state index contributed by atoms with van der Waals surface area (Å²) in [6.07, 6.45) is 1.79. The number of nitrogens with zero attached hydrogens (tertiary/aromatic N) is 4. The summed E-state index contributed by atoms with van der Waals surface area (Å²) in [7, 11) is 0. The van der Waals surface area contributed by atoms with E-state index in [2.05, 4.69) is 15.3 Å². The molecule has 0 aliphatic rings. The molecule has 1 amide bonds. The van der Waals surface area contributed by atoms with E-state index in [1.54, 1.807) is 6.07 Å². The van der Waals surface area contributed by atoms with Crippen molar-refractivity contribution in [2.45, 2.75) is 18.9 Å². The van der Waals surface area contributed by atoms with Gasteiger partial charge in [-0.2, -0.15) is 18.4 Å². The van der Waals surface area contributed by atoms with Gasteiger partial charge in [0, 0.05) is 18.5 Å². The van der Waals surface area contributed by atoms with Crippen molar-refractivity contribution < 1.29 is 27.1 Å². The summed E-state index contributed by atoms with van der Waals surface area (Å²) in [6.45, 7) is -1.46. The highest BCUT2D eigenvalue weighted by Crippen LogP contribution is 2.26. The van der Waals surface area contributed by atoms with Gasteiger partial charge in [0.1, 0.15) is 23.3 Å². The van der Waals surface area contributed by atoms with Gasteiger partial charge in [0.25, 0.3) is 0 Å². The molecule has 0 saturated heterocycles. The number of aromatic nitrogens is 3. The minimum absolute atomic E-state index is 0. The lowest BCUT2D eigenvalue weighted by atomic mass is 10.1. The quantitative estimate of drug-likeness (QED) is 0.257. The molecule has 0 saturated carbocycles. The third-order valence-electron chi connectivity index (χ3n) is 4.51. The molecule has 0 unspecified atom stereocenters. The van der Waals surface area contributed by atoms with E-state index < -0.39 is 59.2 Å². The van der Waals surface area contributed by atoms with E-state index in [-0.39, 0.29) is 34.0 Å². The molecule has 0 spiro atoms. The highest BCUT2D eigenvalue weighted by Gasteiger charge is 2.36. The third kappa shape index (κ3) is 6.16. The fourth-order valence-electron chi connectivity index (χ4n) is 2.85. The van der Waals surface area contributed by atoms with Gasteiger partial charge < -0.3 is 10.5 Å². The zero-order valence-corrected chi connectivity index (χ0v) is 19.0. The van der Waals surface area contributed by atoms with Gasteiger partial charge in [-0.15, -0.1) is 17.0 Å². The van der Waals surface area contributed by atoms with Crippen LogP contribution in [0.5, 0.6) is 0 Å². The van der Waals surface area contributed by atoms with Crippen molar-refractivity contribution in [2.24, 2.45) is 0 Å². The molecule has 0 fully saturated rings. The van der Waals surface area contributed by atoms with Crippen LogP contribution in [0.25, 0.3) is 0 Å². The van der Waals surface area contributed by atoms with E-state index in [0.717, 1.165) is 18.3 Å². The third-order valence-corrected chi connectivity index (χ3v) is 4.51. The number of amides is 1. The second-order valence-electron chi connectivity index (χ2n) is 6.77. The normalized spacial score (nSPS) is 10.7. The molecule has 13 heteroatoms. The van der Waals surface area contributed by atoms with Gasteiger partial charge in [-0.25, -0.2) is 9.12 Å². The molecule has 0 aromatic carbocycles.